The van der Waals surface area contributed by atoms with E-state index in [1.54, 1.807) is 66.9 Å². The number of ether oxygens (including phenoxy) is 1. The number of hydrogen-bond acceptors (Lipinski definition) is 9. The predicted molar refractivity (Wildman–Crippen MR) is 133 cm³/mol. The van der Waals surface area contributed by atoms with E-state index in [1.807, 2.05) is 6.92 Å². The molecular formula is C23H20ClN7O4S. The van der Waals surface area contributed by atoms with Gasteiger partial charge >= 0.3 is 5.56 Å². The summed E-state index contributed by atoms with van der Waals surface area (Å²) < 4.78 is 6.47. The number of azo groups is 1. The van der Waals surface area contributed by atoms with Gasteiger partial charge in [0.2, 0.25) is 5.13 Å². The summed E-state index contributed by atoms with van der Waals surface area (Å²) in [6.07, 6.45) is 0. The van der Waals surface area contributed by atoms with Crippen LogP contribution in [-0.4, -0.2) is 21.9 Å². The minimum Gasteiger partial charge on any atom is -0.540 e. The average Bonchev–Trinajstić information content (AvgIpc) is 3.56. The van der Waals surface area contributed by atoms with Gasteiger partial charge in [-0.25, -0.2) is 4.98 Å². The summed E-state index contributed by atoms with van der Waals surface area (Å²) in [7, 11) is 1.58. The molecular weight excluding hydrogens is 506 g/mol. The van der Waals surface area contributed by atoms with Crippen LogP contribution in [0.2, 0.25) is 5.02 Å². The van der Waals surface area contributed by atoms with E-state index in [4.69, 9.17) is 21.2 Å². The molecule has 0 aliphatic carbocycles. The van der Waals surface area contributed by atoms with Crippen molar-refractivity contribution in [3.05, 3.63) is 86.1 Å². The zero-order valence-electron chi connectivity index (χ0n) is 19.4. The Hall–Kier alpha value is -4.13. The molecule has 0 amide bonds. The monoisotopic (exact) mass is 525 g/mol. The highest BCUT2D eigenvalue weighted by molar-refractivity contribution is 7.12. The van der Waals surface area contributed by atoms with Crippen LogP contribution in [0.15, 0.2) is 68.8 Å². The van der Waals surface area contributed by atoms with Gasteiger partial charge in [-0.2, -0.15) is 14.8 Å². The van der Waals surface area contributed by atoms with Crippen molar-refractivity contribution >= 4 is 45.7 Å². The SMILES string of the molecule is COc1ccc(N2[NH2+]OC([O-])=C2c2csc(-n3[nH]c(C)c(N=Nc4ccc(Cl)cc4C)c3=O)n2)cc1. The van der Waals surface area contributed by atoms with Crippen molar-refractivity contribution in [2.45, 2.75) is 13.8 Å². The van der Waals surface area contributed by atoms with E-state index in [0.29, 0.717) is 38.7 Å². The second kappa shape index (κ2) is 9.49. The first-order valence-corrected chi connectivity index (χ1v) is 11.9. The molecule has 0 spiro atoms. The first-order valence-electron chi connectivity index (χ1n) is 10.7. The predicted octanol–water partition coefficient (Wildman–Crippen LogP) is 3.23. The molecule has 0 radical (unpaired) electrons. The van der Waals surface area contributed by atoms with Crippen LogP contribution in [0.5, 0.6) is 5.75 Å². The lowest BCUT2D eigenvalue weighted by Crippen LogP contribution is -2.90. The van der Waals surface area contributed by atoms with Gasteiger partial charge in [-0.15, -0.1) is 22.0 Å². The molecule has 184 valence electrons. The smallest absolute Gasteiger partial charge is 0.301 e. The molecule has 11 nitrogen and oxygen atoms in total. The molecule has 13 heteroatoms. The summed E-state index contributed by atoms with van der Waals surface area (Å²) in [5.41, 5.74) is 4.31. The highest BCUT2D eigenvalue weighted by Gasteiger charge is 2.28. The highest BCUT2D eigenvalue weighted by Crippen LogP contribution is 2.30. The first-order chi connectivity index (χ1) is 17.4. The van der Waals surface area contributed by atoms with Gasteiger partial charge in [0.25, 0.3) is 0 Å². The second-order valence-electron chi connectivity index (χ2n) is 7.80. The Kier molecular flexibility index (Phi) is 6.22. The molecule has 2 aromatic heterocycles. The van der Waals surface area contributed by atoms with Gasteiger partial charge in [-0.1, -0.05) is 11.6 Å². The Balaban J connectivity index is 1.45. The lowest BCUT2D eigenvalue weighted by Gasteiger charge is -2.16. The number of nitrogens with one attached hydrogen (secondary N) is 1. The quantitative estimate of drug-likeness (QED) is 0.293. The molecule has 0 saturated heterocycles. The first kappa shape index (κ1) is 23.6. The Morgan fingerprint density at radius 2 is 1.97 bits per heavy atom. The number of H-pyrrole nitrogens is 1. The van der Waals surface area contributed by atoms with E-state index in [0.717, 1.165) is 5.56 Å². The number of methoxy groups -OCH3 is 1. The number of hydrogen-bond donors (Lipinski definition) is 2. The number of aryl methyl sites for hydroxylation is 2. The van der Waals surface area contributed by atoms with Gasteiger partial charge in [0, 0.05) is 10.4 Å². The van der Waals surface area contributed by atoms with Crippen LogP contribution in [-0.2, 0) is 4.84 Å². The average molecular weight is 526 g/mol. The standard InChI is InChI=1S/C23H20ClN7O4S/c1-12-10-14(24)4-9-17(12)26-27-19-13(2)28-31(21(19)32)23-25-18(11-36-23)20-22(33)35-29-30(20)15-5-7-16(34-3)8-6-15/h4-11,28-29,33H,1-3H3. The van der Waals surface area contributed by atoms with Gasteiger partial charge < -0.3 is 14.7 Å². The number of nitrogens with two attached hydrogens (primary N) is 1. The van der Waals surface area contributed by atoms with Crippen LogP contribution in [0.3, 0.4) is 0 Å². The molecule has 1 aliphatic rings. The Morgan fingerprint density at radius 3 is 2.69 bits per heavy atom. The zero-order valence-corrected chi connectivity index (χ0v) is 20.9. The van der Waals surface area contributed by atoms with Crippen LogP contribution >= 0.6 is 22.9 Å². The van der Waals surface area contributed by atoms with Crippen LogP contribution in [0, 0.1) is 13.8 Å². The molecule has 0 bridgehead atoms. The third-order valence-electron chi connectivity index (χ3n) is 5.43. The summed E-state index contributed by atoms with van der Waals surface area (Å²) in [5, 5.41) is 28.1. The van der Waals surface area contributed by atoms with Crippen molar-refractivity contribution in [2.75, 3.05) is 12.1 Å². The minimum absolute atomic E-state index is 0.155. The number of aromatic nitrogens is 3. The van der Waals surface area contributed by atoms with Crippen LogP contribution in [0.1, 0.15) is 17.0 Å². The number of halogens is 1. The van der Waals surface area contributed by atoms with Crippen LogP contribution < -0.4 is 26.0 Å². The highest BCUT2D eigenvalue weighted by atomic mass is 35.5. The summed E-state index contributed by atoms with van der Waals surface area (Å²) >= 11 is 7.19. The molecule has 0 fully saturated rings. The molecule has 36 heavy (non-hydrogen) atoms. The van der Waals surface area contributed by atoms with Gasteiger partial charge in [-0.3, -0.25) is 9.89 Å². The maximum atomic E-state index is 13.1. The summed E-state index contributed by atoms with van der Waals surface area (Å²) in [6.45, 7) is 3.58. The van der Waals surface area contributed by atoms with Crippen molar-refractivity contribution in [1.29, 1.82) is 0 Å². The van der Waals surface area contributed by atoms with Gasteiger partial charge in [0.1, 0.15) is 17.4 Å². The number of thiazole rings is 1. The van der Waals surface area contributed by atoms with E-state index in [9.17, 15) is 9.90 Å². The fraction of sp³-hybridized carbons (Fsp3) is 0.130. The molecule has 0 unspecified atom stereocenters. The zero-order chi connectivity index (χ0) is 25.4. The maximum Gasteiger partial charge on any atom is 0.301 e. The molecule has 0 saturated carbocycles. The number of benzene rings is 2. The number of nitrogens with zero attached hydrogens (tertiary/aromatic N) is 5. The second-order valence-corrected chi connectivity index (χ2v) is 9.07. The number of aromatic amines is 1. The molecule has 4 aromatic rings. The Labute approximate surface area is 213 Å². The van der Waals surface area contributed by atoms with E-state index in [1.165, 1.54) is 21.6 Å². The molecule has 0 atom stereocenters. The van der Waals surface area contributed by atoms with Gasteiger partial charge in [0.15, 0.2) is 11.4 Å². The molecule has 3 heterocycles. The topological polar surface area (TPSA) is 137 Å². The van der Waals surface area contributed by atoms with Crippen LogP contribution in [0.25, 0.3) is 10.8 Å². The van der Waals surface area contributed by atoms with Gasteiger partial charge in [0.05, 0.1) is 24.2 Å². The van der Waals surface area contributed by atoms with Crippen LogP contribution in [0.4, 0.5) is 17.1 Å². The van der Waals surface area contributed by atoms with E-state index < -0.39 is 11.5 Å². The lowest BCUT2D eigenvalue weighted by atomic mass is 10.2. The summed E-state index contributed by atoms with van der Waals surface area (Å²) in [4.78, 5) is 22.7. The van der Waals surface area contributed by atoms with E-state index in [-0.39, 0.29) is 11.4 Å². The van der Waals surface area contributed by atoms with Crippen molar-refractivity contribution in [3.63, 3.8) is 0 Å². The van der Waals surface area contributed by atoms with E-state index in [2.05, 4.69) is 20.3 Å². The minimum atomic E-state index is -0.550. The van der Waals surface area contributed by atoms with Gasteiger partial charge in [-0.05, 0) is 61.9 Å². The molecule has 5 rings (SSSR count). The van der Waals surface area contributed by atoms with Crippen molar-refractivity contribution in [1.82, 2.24) is 14.8 Å². The maximum absolute atomic E-state index is 13.1. The third kappa shape index (κ3) is 4.33. The molecule has 3 N–H and O–H groups in total. The molecule has 2 aromatic carbocycles. The lowest BCUT2D eigenvalue weighted by molar-refractivity contribution is -0.890. The summed E-state index contributed by atoms with van der Waals surface area (Å²) in [6, 6.07) is 12.4. The summed E-state index contributed by atoms with van der Waals surface area (Å²) in [5.74, 6) is 0.133. The fourth-order valence-electron chi connectivity index (χ4n) is 3.57. The fourth-order valence-corrected chi connectivity index (χ4v) is 4.56. The van der Waals surface area contributed by atoms with Crippen molar-refractivity contribution in [3.8, 4) is 10.9 Å². The van der Waals surface area contributed by atoms with E-state index >= 15 is 0 Å². The number of quaternary nitrogens is 1. The Bertz CT molecular complexity index is 1560. The van der Waals surface area contributed by atoms with Crippen molar-refractivity contribution in [2.24, 2.45) is 10.2 Å². The largest absolute Gasteiger partial charge is 0.540 e. The number of rotatable bonds is 6. The van der Waals surface area contributed by atoms with Crippen molar-refractivity contribution < 1.29 is 20.3 Å². The Morgan fingerprint density at radius 1 is 1.19 bits per heavy atom. The number of anilines is 1. The molecule has 1 aliphatic heterocycles. The normalized spacial score (nSPS) is 13.6. The third-order valence-corrected chi connectivity index (χ3v) is 6.49.